The fourth-order valence-electron chi connectivity index (χ4n) is 7.25. The summed E-state index contributed by atoms with van der Waals surface area (Å²) in [6.07, 6.45) is 0. The second-order valence-corrected chi connectivity index (χ2v) is 22.3. The van der Waals surface area contributed by atoms with Gasteiger partial charge in [0.15, 0.2) is 0 Å². The van der Waals surface area contributed by atoms with E-state index in [0.29, 0.717) is 14.7 Å². The van der Waals surface area contributed by atoms with Crippen LogP contribution in [0.3, 0.4) is 0 Å². The molecule has 0 atom stereocenters. The van der Waals surface area contributed by atoms with Gasteiger partial charge >= 0.3 is 15.6 Å². The quantitative estimate of drug-likeness (QED) is 0.153. The zero-order chi connectivity index (χ0) is 41.6. The van der Waals surface area contributed by atoms with Crippen LogP contribution in [0.5, 0.6) is 0 Å². The van der Waals surface area contributed by atoms with Crippen molar-refractivity contribution in [3.63, 3.8) is 0 Å². The lowest BCUT2D eigenvalue weighted by Crippen LogP contribution is -2.30. The molecule has 0 bridgehead atoms. The van der Waals surface area contributed by atoms with Crippen LogP contribution in [-0.2, 0) is 13.7 Å². The lowest BCUT2D eigenvalue weighted by molar-refractivity contribution is -0.0496. The highest BCUT2D eigenvalue weighted by Gasteiger charge is 2.55. The molecule has 0 aliphatic carbocycles. The Kier molecular flexibility index (Phi) is 14.6. The SMILES string of the molecule is CC(C)c1cc(C(C)C)c(S(OS(=O)(=O)C(F)(F)F)(c2c(C(C)C)cc(C(C)C)cc2C(C)C)c2c(C(C)C)cc(C(C)C)cc2C(C)C)c(C(C)C)c1. The molecule has 0 aliphatic rings. The summed E-state index contributed by atoms with van der Waals surface area (Å²) < 4.78 is 80.9. The van der Waals surface area contributed by atoms with Crippen LogP contribution in [0.4, 0.5) is 13.2 Å². The first-order chi connectivity index (χ1) is 24.6. The van der Waals surface area contributed by atoms with E-state index in [1.54, 1.807) is 0 Å². The lowest BCUT2D eigenvalue weighted by atomic mass is 9.89. The van der Waals surface area contributed by atoms with Gasteiger partial charge in [-0.05, 0) is 114 Å². The van der Waals surface area contributed by atoms with E-state index in [1.165, 1.54) is 0 Å². The average Bonchev–Trinajstić information content (AvgIpc) is 3.04. The molecule has 3 nitrogen and oxygen atoms in total. The van der Waals surface area contributed by atoms with Crippen LogP contribution >= 0.6 is 10.3 Å². The molecule has 0 saturated carbocycles. The molecular formula is C46H69F3O3S2. The molecule has 0 aromatic heterocycles. The number of hydrogen-bond acceptors (Lipinski definition) is 3. The van der Waals surface area contributed by atoms with E-state index in [0.717, 1.165) is 50.1 Å². The molecule has 8 heteroatoms. The van der Waals surface area contributed by atoms with Crippen molar-refractivity contribution in [2.75, 3.05) is 0 Å². The molecular weight excluding hydrogens is 722 g/mol. The Morgan fingerprint density at radius 2 is 0.574 bits per heavy atom. The first-order valence-electron chi connectivity index (χ1n) is 20.0. The zero-order valence-corrected chi connectivity index (χ0v) is 38.0. The van der Waals surface area contributed by atoms with E-state index in [4.69, 9.17) is 3.63 Å². The summed E-state index contributed by atoms with van der Waals surface area (Å²) in [4.78, 5) is 1.77. The smallest absolute Gasteiger partial charge is 0.200 e. The van der Waals surface area contributed by atoms with Crippen molar-refractivity contribution >= 4 is 20.4 Å². The van der Waals surface area contributed by atoms with E-state index in [-0.39, 0.29) is 53.3 Å². The molecule has 0 spiro atoms. The van der Waals surface area contributed by atoms with Crippen molar-refractivity contribution in [3.8, 4) is 0 Å². The fourth-order valence-corrected chi connectivity index (χ4v) is 13.8. The second-order valence-electron chi connectivity index (χ2n) is 18.0. The molecule has 0 radical (unpaired) electrons. The minimum Gasteiger partial charge on any atom is -0.200 e. The highest BCUT2D eigenvalue weighted by atomic mass is 32.3. The van der Waals surface area contributed by atoms with Crippen LogP contribution < -0.4 is 0 Å². The minimum atomic E-state index is -6.20. The third kappa shape index (κ3) is 8.96. The summed E-state index contributed by atoms with van der Waals surface area (Å²) in [5, 5.41) is 0. The van der Waals surface area contributed by atoms with Crippen LogP contribution in [-0.4, -0.2) is 13.9 Å². The van der Waals surface area contributed by atoms with E-state index in [2.05, 4.69) is 161 Å². The Morgan fingerprint density at radius 1 is 0.389 bits per heavy atom. The van der Waals surface area contributed by atoms with Gasteiger partial charge < -0.3 is 0 Å². The Bertz CT molecular complexity index is 1630. The van der Waals surface area contributed by atoms with Gasteiger partial charge in [0.25, 0.3) is 0 Å². The van der Waals surface area contributed by atoms with Crippen molar-refractivity contribution in [2.45, 2.75) is 198 Å². The molecule has 0 amide bonds. The van der Waals surface area contributed by atoms with E-state index in [9.17, 15) is 8.42 Å². The van der Waals surface area contributed by atoms with Crippen molar-refractivity contribution in [2.24, 2.45) is 0 Å². The van der Waals surface area contributed by atoms with Crippen LogP contribution in [0.1, 0.15) is 228 Å². The van der Waals surface area contributed by atoms with E-state index < -0.39 is 25.9 Å². The summed E-state index contributed by atoms with van der Waals surface area (Å²) in [6, 6.07) is 12.7. The third-order valence-electron chi connectivity index (χ3n) is 10.6. The lowest BCUT2D eigenvalue weighted by Gasteiger charge is -2.48. The van der Waals surface area contributed by atoms with Crippen LogP contribution in [0.25, 0.3) is 0 Å². The molecule has 0 unspecified atom stereocenters. The Balaban J connectivity index is 3.19. The Labute approximate surface area is 328 Å². The van der Waals surface area contributed by atoms with Crippen molar-refractivity contribution < 1.29 is 25.2 Å². The van der Waals surface area contributed by atoms with E-state index in [1.807, 2.05) is 0 Å². The number of hydrogen-bond donors (Lipinski definition) is 0. The van der Waals surface area contributed by atoms with Gasteiger partial charge in [-0.25, -0.2) is 0 Å². The van der Waals surface area contributed by atoms with Gasteiger partial charge in [-0.15, -0.1) is 0 Å². The maximum atomic E-state index is 15.3. The van der Waals surface area contributed by atoms with Gasteiger partial charge in [-0.3, -0.25) is 0 Å². The Hall–Kier alpha value is -2.29. The monoisotopic (exact) mass is 790 g/mol. The normalized spacial score (nSPS) is 13.8. The second kappa shape index (κ2) is 17.1. The largest absolute Gasteiger partial charge is 0.524 e. The van der Waals surface area contributed by atoms with Gasteiger partial charge in [0.05, 0.1) is 0 Å². The summed E-state index contributed by atoms with van der Waals surface area (Å²) in [5.41, 5.74) is 2.47. The number of alkyl halides is 3. The van der Waals surface area contributed by atoms with Crippen LogP contribution in [0.2, 0.25) is 0 Å². The molecule has 0 saturated heterocycles. The van der Waals surface area contributed by atoms with E-state index >= 15 is 13.2 Å². The van der Waals surface area contributed by atoms with Gasteiger partial charge in [0, 0.05) is 14.7 Å². The summed E-state index contributed by atoms with van der Waals surface area (Å²) in [5.74, 6) is -0.614. The summed E-state index contributed by atoms with van der Waals surface area (Å²) in [6.45, 7) is 37.3. The van der Waals surface area contributed by atoms with Gasteiger partial charge in [0.1, 0.15) is 0 Å². The molecule has 0 fully saturated rings. The predicted octanol–water partition coefficient (Wildman–Crippen LogP) is 15.9. The first-order valence-corrected chi connectivity index (χ1v) is 23.0. The molecule has 0 N–H and O–H groups in total. The fraction of sp³-hybridized carbons (Fsp3) is 0.609. The highest BCUT2D eigenvalue weighted by molar-refractivity contribution is 8.33. The van der Waals surface area contributed by atoms with Crippen molar-refractivity contribution in [1.29, 1.82) is 0 Å². The Morgan fingerprint density at radius 3 is 0.704 bits per heavy atom. The summed E-state index contributed by atoms with van der Waals surface area (Å²) in [7, 11) is -9.96. The average molecular weight is 791 g/mol. The molecule has 304 valence electrons. The maximum absolute atomic E-state index is 15.3. The van der Waals surface area contributed by atoms with Crippen molar-refractivity contribution in [1.82, 2.24) is 0 Å². The van der Waals surface area contributed by atoms with Crippen LogP contribution in [0.15, 0.2) is 51.1 Å². The number of rotatable bonds is 14. The standard InChI is InChI=1S/C46H69F3O3S2/c1-25(2)34-19-37(28(7)8)43(38(20-34)29(9)10)53(52-54(50,51)46(47,48)49,44-39(30(11)12)21-35(26(3)4)22-40(44)31(13)14)45-41(32(15)16)23-36(27(5)6)24-42(45)33(17)18/h19-33H,1-18H3. The van der Waals surface area contributed by atoms with Crippen LogP contribution in [0, 0.1) is 0 Å². The van der Waals surface area contributed by atoms with Gasteiger partial charge in [-0.2, -0.15) is 25.2 Å². The highest BCUT2D eigenvalue weighted by Crippen LogP contribution is 2.77. The molecule has 0 aliphatic heterocycles. The minimum absolute atomic E-state index is 0.129. The topological polar surface area (TPSA) is 43.4 Å². The first kappa shape index (κ1) is 46.1. The van der Waals surface area contributed by atoms with Crippen molar-refractivity contribution in [3.05, 3.63) is 86.5 Å². The third-order valence-corrected chi connectivity index (χ3v) is 15.8. The zero-order valence-electron chi connectivity index (χ0n) is 36.3. The molecule has 3 aromatic carbocycles. The predicted molar refractivity (Wildman–Crippen MR) is 225 cm³/mol. The van der Waals surface area contributed by atoms with Gasteiger partial charge in [0.2, 0.25) is 0 Å². The molecule has 3 aromatic rings. The maximum Gasteiger partial charge on any atom is 0.524 e. The molecule has 0 heterocycles. The number of benzene rings is 3. The molecule has 3 rings (SSSR count). The number of halogens is 3. The molecule has 54 heavy (non-hydrogen) atoms. The summed E-state index contributed by atoms with van der Waals surface area (Å²) >= 11 is 0. The van der Waals surface area contributed by atoms with Gasteiger partial charge in [-0.1, -0.05) is 161 Å².